The number of carbonyl (C=O) groups excluding carboxylic acids is 2. The molecule has 0 aromatic heterocycles. The lowest BCUT2D eigenvalue weighted by atomic mass is 9.90. The maximum absolute atomic E-state index is 12.2. The average molecular weight is 414 g/mol. The molecule has 0 atom stereocenters. The Labute approximate surface area is 175 Å². The molecule has 7 heteroatoms. The first-order valence-corrected chi connectivity index (χ1v) is 9.89. The molecule has 3 rings (SSSR count). The van der Waals surface area contributed by atoms with Crippen LogP contribution in [0.4, 0.5) is 0 Å². The number of ether oxygens (including phenoxy) is 5. The Hall–Kier alpha value is -2.90. The van der Waals surface area contributed by atoms with Crippen molar-refractivity contribution in [3.63, 3.8) is 0 Å². The lowest BCUT2D eigenvalue weighted by Crippen LogP contribution is -2.43. The second-order valence-electron chi connectivity index (χ2n) is 7.51. The molecule has 0 unspecified atom stereocenters. The third-order valence-corrected chi connectivity index (χ3v) is 4.61. The molecule has 0 radical (unpaired) electrons. The van der Waals surface area contributed by atoms with Crippen molar-refractivity contribution < 1.29 is 33.3 Å². The molecule has 0 amide bonds. The van der Waals surface area contributed by atoms with E-state index in [0.29, 0.717) is 42.5 Å². The van der Waals surface area contributed by atoms with E-state index in [0.717, 1.165) is 32.7 Å². The fraction of sp³-hybridized carbons (Fsp3) is 0.391. The van der Waals surface area contributed by atoms with Crippen LogP contribution in [0.5, 0.6) is 17.2 Å². The number of unbranched alkanes of at least 4 members (excludes halogenated alkanes) is 1. The van der Waals surface area contributed by atoms with E-state index in [1.807, 2.05) is 0 Å². The molecule has 30 heavy (non-hydrogen) atoms. The molecule has 0 aliphatic carbocycles. The maximum atomic E-state index is 12.2. The van der Waals surface area contributed by atoms with E-state index < -0.39 is 5.97 Å². The van der Waals surface area contributed by atoms with Gasteiger partial charge in [-0.15, -0.1) is 0 Å². The summed E-state index contributed by atoms with van der Waals surface area (Å²) < 4.78 is 26.6. The summed E-state index contributed by atoms with van der Waals surface area (Å²) in [5.74, 6) is 0.954. The quantitative estimate of drug-likeness (QED) is 0.227. The Morgan fingerprint density at radius 3 is 2.23 bits per heavy atom. The van der Waals surface area contributed by atoms with Gasteiger partial charge in [0.05, 0.1) is 32.0 Å². The molecule has 160 valence electrons. The molecule has 0 saturated carbocycles. The summed E-state index contributed by atoms with van der Waals surface area (Å²) in [7, 11) is 0. The van der Waals surface area contributed by atoms with E-state index in [1.54, 1.807) is 48.5 Å². The summed E-state index contributed by atoms with van der Waals surface area (Å²) in [5, 5.41) is 0. The first-order valence-electron chi connectivity index (χ1n) is 9.89. The van der Waals surface area contributed by atoms with Crippen molar-refractivity contribution in [3.05, 3.63) is 54.1 Å². The van der Waals surface area contributed by atoms with Gasteiger partial charge in [-0.25, -0.2) is 4.79 Å². The molecular formula is C23H26O7. The molecule has 2 aromatic rings. The first-order chi connectivity index (χ1) is 14.6. The fourth-order valence-electron chi connectivity index (χ4n) is 2.84. The van der Waals surface area contributed by atoms with Gasteiger partial charge in [0, 0.05) is 12.0 Å². The predicted octanol–water partition coefficient (Wildman–Crippen LogP) is 3.65. The minimum absolute atomic E-state index is 0.188. The second kappa shape index (κ2) is 10.8. The van der Waals surface area contributed by atoms with Crippen molar-refractivity contribution in [2.45, 2.75) is 19.8 Å². The maximum Gasteiger partial charge on any atom is 0.343 e. The highest BCUT2D eigenvalue weighted by molar-refractivity contribution is 5.91. The van der Waals surface area contributed by atoms with Crippen LogP contribution in [0.1, 0.15) is 30.1 Å². The summed E-state index contributed by atoms with van der Waals surface area (Å²) in [6, 6.07) is 13.0. The Morgan fingerprint density at radius 1 is 0.967 bits per heavy atom. The van der Waals surface area contributed by atoms with Crippen molar-refractivity contribution >= 4 is 12.4 Å². The molecule has 1 saturated heterocycles. The number of carbonyl (C=O) groups is 2. The largest absolute Gasteiger partial charge is 0.494 e. The number of esters is 1. The number of rotatable bonds is 12. The number of hydrogen-bond acceptors (Lipinski definition) is 7. The highest BCUT2D eigenvalue weighted by Crippen LogP contribution is 2.26. The van der Waals surface area contributed by atoms with E-state index in [-0.39, 0.29) is 5.41 Å². The van der Waals surface area contributed by atoms with Gasteiger partial charge in [0.15, 0.2) is 0 Å². The normalized spacial score (nSPS) is 14.4. The minimum atomic E-state index is -0.478. The van der Waals surface area contributed by atoms with Crippen molar-refractivity contribution in [1.82, 2.24) is 0 Å². The third kappa shape index (κ3) is 6.57. The summed E-state index contributed by atoms with van der Waals surface area (Å²) in [6.45, 7) is 6.10. The molecule has 0 N–H and O–H groups in total. The molecule has 1 aliphatic heterocycles. The molecule has 7 nitrogen and oxygen atoms in total. The number of benzene rings is 2. The fourth-order valence-corrected chi connectivity index (χ4v) is 2.84. The van der Waals surface area contributed by atoms with Gasteiger partial charge >= 0.3 is 5.97 Å². The van der Waals surface area contributed by atoms with Crippen LogP contribution in [-0.2, 0) is 14.3 Å². The van der Waals surface area contributed by atoms with Crippen molar-refractivity contribution in [2.24, 2.45) is 5.41 Å². The summed E-state index contributed by atoms with van der Waals surface area (Å²) in [5.41, 5.74) is 0.602. The van der Waals surface area contributed by atoms with Crippen LogP contribution in [0.25, 0.3) is 0 Å². The van der Waals surface area contributed by atoms with E-state index in [9.17, 15) is 9.59 Å². The molecule has 1 heterocycles. The third-order valence-electron chi connectivity index (χ3n) is 4.61. The zero-order valence-corrected chi connectivity index (χ0v) is 17.0. The Kier molecular flexibility index (Phi) is 7.82. The van der Waals surface area contributed by atoms with Gasteiger partial charge in [-0.2, -0.15) is 0 Å². The zero-order chi connectivity index (χ0) is 21.2. The molecular weight excluding hydrogens is 388 g/mol. The monoisotopic (exact) mass is 414 g/mol. The summed E-state index contributed by atoms with van der Waals surface area (Å²) in [4.78, 5) is 22.5. The molecule has 0 bridgehead atoms. The van der Waals surface area contributed by atoms with Crippen LogP contribution in [0, 0.1) is 5.41 Å². The van der Waals surface area contributed by atoms with E-state index in [4.69, 9.17) is 23.7 Å². The standard InChI is InChI=1S/C23H26O7/c1-23(15-27-16-23)14-26-12-2-3-13-28-19-6-4-18(5-7-19)22(25)30-21-10-8-20(9-11-21)29-17-24/h4-11,17H,2-3,12-16H2,1H3. The average Bonchev–Trinajstić information content (AvgIpc) is 2.74. The van der Waals surface area contributed by atoms with E-state index in [2.05, 4.69) is 6.92 Å². The second-order valence-corrected chi connectivity index (χ2v) is 7.51. The SMILES string of the molecule is CC1(COCCCCOc2ccc(C(=O)Oc3ccc(OC=O)cc3)cc2)COC1. The van der Waals surface area contributed by atoms with Gasteiger partial charge < -0.3 is 23.7 Å². The molecule has 1 aliphatic rings. The van der Waals surface area contributed by atoms with E-state index in [1.165, 1.54) is 0 Å². The van der Waals surface area contributed by atoms with Gasteiger partial charge in [-0.3, -0.25) is 4.79 Å². The van der Waals surface area contributed by atoms with Crippen LogP contribution in [0.3, 0.4) is 0 Å². The highest BCUT2D eigenvalue weighted by Gasteiger charge is 2.33. The van der Waals surface area contributed by atoms with Crippen LogP contribution < -0.4 is 14.2 Å². The highest BCUT2D eigenvalue weighted by atomic mass is 16.5. The van der Waals surface area contributed by atoms with Crippen molar-refractivity contribution in [3.8, 4) is 17.2 Å². The van der Waals surface area contributed by atoms with Crippen molar-refractivity contribution in [2.75, 3.05) is 33.0 Å². The molecule has 0 spiro atoms. The lowest BCUT2D eigenvalue weighted by molar-refractivity contribution is -0.138. The van der Waals surface area contributed by atoms with Crippen LogP contribution in [0.2, 0.25) is 0 Å². The number of hydrogen-bond donors (Lipinski definition) is 0. The lowest BCUT2D eigenvalue weighted by Gasteiger charge is -2.37. The Morgan fingerprint density at radius 2 is 1.60 bits per heavy atom. The van der Waals surface area contributed by atoms with Crippen LogP contribution >= 0.6 is 0 Å². The van der Waals surface area contributed by atoms with Gasteiger partial charge in [0.2, 0.25) is 0 Å². The van der Waals surface area contributed by atoms with Crippen LogP contribution in [-0.4, -0.2) is 45.5 Å². The van der Waals surface area contributed by atoms with Gasteiger partial charge in [0.1, 0.15) is 17.2 Å². The zero-order valence-electron chi connectivity index (χ0n) is 17.0. The predicted molar refractivity (Wildman–Crippen MR) is 109 cm³/mol. The van der Waals surface area contributed by atoms with E-state index >= 15 is 0 Å². The molecule has 1 fully saturated rings. The topological polar surface area (TPSA) is 80.3 Å². The first kappa shape index (κ1) is 21.8. The van der Waals surface area contributed by atoms with Gasteiger partial charge in [-0.05, 0) is 61.4 Å². The van der Waals surface area contributed by atoms with Crippen molar-refractivity contribution in [1.29, 1.82) is 0 Å². The Bertz CT molecular complexity index is 810. The molecule has 2 aromatic carbocycles. The minimum Gasteiger partial charge on any atom is -0.494 e. The van der Waals surface area contributed by atoms with Gasteiger partial charge in [-0.1, -0.05) is 6.92 Å². The smallest absolute Gasteiger partial charge is 0.343 e. The Balaban J connectivity index is 1.33. The van der Waals surface area contributed by atoms with Gasteiger partial charge in [0.25, 0.3) is 6.47 Å². The van der Waals surface area contributed by atoms with Crippen LogP contribution in [0.15, 0.2) is 48.5 Å². The summed E-state index contributed by atoms with van der Waals surface area (Å²) >= 11 is 0. The summed E-state index contributed by atoms with van der Waals surface area (Å²) in [6.07, 6.45) is 1.82.